The van der Waals surface area contributed by atoms with Gasteiger partial charge in [-0.15, -0.1) is 0 Å². The first-order valence-corrected chi connectivity index (χ1v) is 14.3. The molecule has 4 saturated heterocycles. The Morgan fingerprint density at radius 3 is 2.40 bits per heavy atom. The van der Waals surface area contributed by atoms with Gasteiger partial charge >= 0.3 is 0 Å². The number of hydrogen-bond donors (Lipinski definition) is 2. The molecule has 1 saturated carbocycles. The van der Waals surface area contributed by atoms with Crippen molar-refractivity contribution in [2.75, 3.05) is 0 Å². The van der Waals surface area contributed by atoms with Gasteiger partial charge in [0.15, 0.2) is 0 Å². The van der Waals surface area contributed by atoms with E-state index in [0.29, 0.717) is 17.9 Å². The normalized spacial score (nSPS) is 59.4. The van der Waals surface area contributed by atoms with Gasteiger partial charge in [0.2, 0.25) is 5.79 Å². The SMILES string of the molecule is C[C@H]1[C@H]2[C@H](C[C@@]3(C)C4=C(CC[C@]23C)CC23CC[C@@H](O2)C(C)(C)[C@@H]3CC4)O[C@@]2(O)[C@@H]1OC(C)(C)[C@H]2O. The second-order valence-electron chi connectivity index (χ2n) is 15.2. The van der Waals surface area contributed by atoms with E-state index in [2.05, 4.69) is 34.6 Å². The fraction of sp³-hybridized carbons (Fsp3) is 0.933. The van der Waals surface area contributed by atoms with Gasteiger partial charge in [-0.25, -0.2) is 0 Å². The maximum absolute atomic E-state index is 11.6. The molecule has 5 heteroatoms. The molecule has 2 N–H and O–H groups in total. The Kier molecular flexibility index (Phi) is 4.44. The fourth-order valence-electron chi connectivity index (χ4n) is 11.3. The Labute approximate surface area is 211 Å². The van der Waals surface area contributed by atoms with Crippen molar-refractivity contribution in [2.24, 2.45) is 34.0 Å². The summed E-state index contributed by atoms with van der Waals surface area (Å²) in [6, 6.07) is 0. The molecule has 2 bridgehead atoms. The molecule has 5 fully saturated rings. The standard InChI is InChI=1S/C30H46O5/c1-16-22-19(33-30(32)23(16)35-26(4,5)24(30)31)15-28(7)18-8-9-20-25(2,3)21-11-13-29(20,34-21)14-17(18)10-12-27(22,28)6/h16,19-24,31-32H,8-15H2,1-7H3/t16-,19-,20-,21+,22-,23+,24+,27+,28-,29?,30-/m0/s1. The Bertz CT molecular complexity index is 1000. The van der Waals surface area contributed by atoms with E-state index in [1.807, 2.05) is 13.8 Å². The van der Waals surface area contributed by atoms with Gasteiger partial charge < -0.3 is 24.4 Å². The summed E-state index contributed by atoms with van der Waals surface area (Å²) >= 11 is 0. The highest BCUT2D eigenvalue weighted by Crippen LogP contribution is 2.73. The van der Waals surface area contributed by atoms with E-state index < -0.39 is 23.6 Å². The van der Waals surface area contributed by atoms with Gasteiger partial charge in [0, 0.05) is 0 Å². The van der Waals surface area contributed by atoms with Gasteiger partial charge in [0.1, 0.15) is 12.2 Å². The van der Waals surface area contributed by atoms with Crippen LogP contribution >= 0.6 is 0 Å². The van der Waals surface area contributed by atoms with Crippen molar-refractivity contribution in [3.05, 3.63) is 11.1 Å². The van der Waals surface area contributed by atoms with Crippen molar-refractivity contribution in [2.45, 2.75) is 141 Å². The number of hydrogen-bond acceptors (Lipinski definition) is 5. The first-order valence-electron chi connectivity index (χ1n) is 14.3. The lowest BCUT2D eigenvalue weighted by atomic mass is 9.52. The van der Waals surface area contributed by atoms with Gasteiger partial charge in [-0.3, -0.25) is 0 Å². The van der Waals surface area contributed by atoms with Crippen LogP contribution in [0.3, 0.4) is 0 Å². The minimum Gasteiger partial charge on any atom is -0.384 e. The molecule has 4 heterocycles. The van der Waals surface area contributed by atoms with E-state index >= 15 is 0 Å². The van der Waals surface area contributed by atoms with Gasteiger partial charge in [-0.05, 0) is 99.2 Å². The Morgan fingerprint density at radius 2 is 1.66 bits per heavy atom. The maximum Gasteiger partial charge on any atom is 0.222 e. The van der Waals surface area contributed by atoms with Crippen molar-refractivity contribution in [3.63, 3.8) is 0 Å². The van der Waals surface area contributed by atoms with Gasteiger partial charge in [-0.2, -0.15) is 0 Å². The van der Waals surface area contributed by atoms with Crippen LogP contribution in [0.4, 0.5) is 0 Å². The molecule has 7 rings (SSSR count). The largest absolute Gasteiger partial charge is 0.384 e. The van der Waals surface area contributed by atoms with Crippen LogP contribution in [0.1, 0.15) is 99.8 Å². The topological polar surface area (TPSA) is 68.2 Å². The summed E-state index contributed by atoms with van der Waals surface area (Å²) in [6.45, 7) is 15.9. The molecule has 0 aromatic heterocycles. The molecule has 196 valence electrons. The van der Waals surface area contributed by atoms with Crippen LogP contribution in [-0.2, 0) is 14.2 Å². The smallest absolute Gasteiger partial charge is 0.222 e. The van der Waals surface area contributed by atoms with Crippen molar-refractivity contribution in [1.29, 1.82) is 0 Å². The molecule has 5 nitrogen and oxygen atoms in total. The zero-order valence-corrected chi connectivity index (χ0v) is 22.8. The molecule has 0 radical (unpaired) electrons. The number of rotatable bonds is 0. The average molecular weight is 487 g/mol. The zero-order valence-electron chi connectivity index (χ0n) is 22.8. The average Bonchev–Trinajstić information content (AvgIpc) is 3.34. The summed E-state index contributed by atoms with van der Waals surface area (Å²) < 4.78 is 19.7. The highest BCUT2D eigenvalue weighted by molar-refractivity contribution is 5.37. The molecule has 4 aliphatic heterocycles. The molecule has 11 atom stereocenters. The quantitative estimate of drug-likeness (QED) is 0.465. The molecule has 0 aromatic rings. The van der Waals surface area contributed by atoms with E-state index in [4.69, 9.17) is 14.2 Å². The molecule has 3 aliphatic carbocycles. The molecule has 35 heavy (non-hydrogen) atoms. The Balaban J connectivity index is 1.27. The summed E-state index contributed by atoms with van der Waals surface area (Å²) in [5.74, 6) is -0.570. The third-order valence-electron chi connectivity index (χ3n) is 13.1. The zero-order chi connectivity index (χ0) is 25.0. The number of ether oxygens (including phenoxy) is 3. The van der Waals surface area contributed by atoms with Crippen LogP contribution in [0.25, 0.3) is 0 Å². The lowest BCUT2D eigenvalue weighted by Crippen LogP contribution is -2.62. The molecule has 1 spiro atoms. The number of fused-ring (bicyclic) bond motifs is 6. The van der Waals surface area contributed by atoms with Crippen molar-refractivity contribution in [3.8, 4) is 0 Å². The van der Waals surface area contributed by atoms with Gasteiger partial charge in [-0.1, -0.05) is 45.8 Å². The summed E-state index contributed by atoms with van der Waals surface area (Å²) in [6.07, 6.45) is 8.00. The maximum atomic E-state index is 11.6. The molecule has 0 aromatic carbocycles. The monoisotopic (exact) mass is 486 g/mol. The summed E-state index contributed by atoms with van der Waals surface area (Å²) in [5.41, 5.74) is 2.99. The highest BCUT2D eigenvalue weighted by Gasteiger charge is 2.74. The van der Waals surface area contributed by atoms with Crippen LogP contribution < -0.4 is 0 Å². The number of allylic oxidation sites excluding steroid dienone is 1. The minimum atomic E-state index is -1.63. The molecular formula is C30H46O5. The van der Waals surface area contributed by atoms with Crippen molar-refractivity contribution >= 4 is 0 Å². The van der Waals surface area contributed by atoms with Crippen LogP contribution in [0.15, 0.2) is 11.1 Å². The van der Waals surface area contributed by atoms with Crippen LogP contribution in [-0.4, -0.2) is 51.6 Å². The van der Waals surface area contributed by atoms with Crippen molar-refractivity contribution in [1.82, 2.24) is 0 Å². The summed E-state index contributed by atoms with van der Waals surface area (Å²) in [7, 11) is 0. The number of aliphatic hydroxyl groups is 2. The molecule has 7 aliphatic rings. The third kappa shape index (κ3) is 2.54. The second kappa shape index (κ2) is 6.57. The highest BCUT2D eigenvalue weighted by atomic mass is 16.7. The molecular weight excluding hydrogens is 440 g/mol. The molecule has 0 amide bonds. The minimum absolute atomic E-state index is 0.0388. The van der Waals surface area contributed by atoms with Crippen LogP contribution in [0.2, 0.25) is 0 Å². The van der Waals surface area contributed by atoms with E-state index in [1.54, 1.807) is 11.1 Å². The lowest BCUT2D eigenvalue weighted by molar-refractivity contribution is -0.326. The summed E-state index contributed by atoms with van der Waals surface area (Å²) in [5, 5.41) is 22.7. The van der Waals surface area contributed by atoms with E-state index in [0.717, 1.165) is 25.7 Å². The number of aliphatic hydroxyl groups excluding tert-OH is 1. The van der Waals surface area contributed by atoms with E-state index in [1.165, 1.54) is 25.7 Å². The third-order valence-corrected chi connectivity index (χ3v) is 13.1. The second-order valence-corrected chi connectivity index (χ2v) is 15.2. The lowest BCUT2D eigenvalue weighted by Gasteiger charge is -2.54. The Morgan fingerprint density at radius 1 is 0.914 bits per heavy atom. The molecule has 1 unspecified atom stereocenters. The fourth-order valence-corrected chi connectivity index (χ4v) is 11.3. The van der Waals surface area contributed by atoms with Gasteiger partial charge in [0.05, 0.1) is 23.4 Å². The Hall–Kier alpha value is -0.460. The first-order chi connectivity index (χ1) is 16.2. The van der Waals surface area contributed by atoms with E-state index in [9.17, 15) is 10.2 Å². The van der Waals surface area contributed by atoms with Crippen LogP contribution in [0, 0.1) is 34.0 Å². The summed E-state index contributed by atoms with van der Waals surface area (Å²) in [4.78, 5) is 0. The van der Waals surface area contributed by atoms with Gasteiger partial charge in [0.25, 0.3) is 0 Å². The predicted molar refractivity (Wildman–Crippen MR) is 132 cm³/mol. The first kappa shape index (κ1) is 23.6. The van der Waals surface area contributed by atoms with Crippen LogP contribution in [0.5, 0.6) is 0 Å². The van der Waals surface area contributed by atoms with Crippen molar-refractivity contribution < 1.29 is 24.4 Å². The van der Waals surface area contributed by atoms with E-state index in [-0.39, 0.29) is 33.9 Å². The predicted octanol–water partition coefficient (Wildman–Crippen LogP) is 5.13.